The number of hydrogen-bond donors (Lipinski definition) is 2. The molecule has 0 saturated carbocycles. The minimum Gasteiger partial charge on any atom is -0.341 e. The van der Waals surface area contributed by atoms with Gasteiger partial charge in [0.2, 0.25) is 11.9 Å². The number of benzene rings is 2. The zero-order valence-corrected chi connectivity index (χ0v) is 18.3. The highest BCUT2D eigenvalue weighted by Crippen LogP contribution is 2.22. The van der Waals surface area contributed by atoms with E-state index in [2.05, 4.69) is 20.5 Å². The van der Waals surface area contributed by atoms with E-state index in [0.29, 0.717) is 5.02 Å². The van der Waals surface area contributed by atoms with Gasteiger partial charge < -0.3 is 15.5 Å². The van der Waals surface area contributed by atoms with Crippen LogP contribution in [-0.2, 0) is 11.2 Å². The third-order valence-electron chi connectivity index (χ3n) is 5.23. The van der Waals surface area contributed by atoms with Crippen LogP contribution in [0, 0.1) is 6.92 Å². The third kappa shape index (κ3) is 5.73. The summed E-state index contributed by atoms with van der Waals surface area (Å²) in [7, 11) is 0. The van der Waals surface area contributed by atoms with Crippen molar-refractivity contribution in [3.8, 4) is 0 Å². The smallest absolute Gasteiger partial charge is 0.228 e. The van der Waals surface area contributed by atoms with E-state index in [0.717, 1.165) is 47.5 Å². The van der Waals surface area contributed by atoms with E-state index in [-0.39, 0.29) is 12.3 Å². The standard InChI is InChI=1S/C24H26ClN5O/c1-17-15-22(29-24(26-17)30-13-5-2-6-14-30)27-19-9-11-20(12-10-19)28-23(31)16-18-7-3-4-8-21(18)25/h3-4,7-12,15H,2,5-6,13-14,16H2,1H3,(H,28,31)(H,26,27,29). The van der Waals surface area contributed by atoms with E-state index in [4.69, 9.17) is 16.6 Å². The molecule has 4 rings (SSSR count). The maximum absolute atomic E-state index is 12.3. The predicted molar refractivity (Wildman–Crippen MR) is 126 cm³/mol. The molecule has 31 heavy (non-hydrogen) atoms. The number of nitrogens with one attached hydrogen (secondary N) is 2. The first-order valence-corrected chi connectivity index (χ1v) is 11.0. The van der Waals surface area contributed by atoms with Crippen molar-refractivity contribution in [2.75, 3.05) is 28.6 Å². The quantitative estimate of drug-likeness (QED) is 0.545. The zero-order chi connectivity index (χ0) is 21.6. The van der Waals surface area contributed by atoms with E-state index in [1.807, 2.05) is 55.5 Å². The van der Waals surface area contributed by atoms with Crippen molar-refractivity contribution in [1.82, 2.24) is 9.97 Å². The highest BCUT2D eigenvalue weighted by Gasteiger charge is 2.15. The molecule has 1 saturated heterocycles. The summed E-state index contributed by atoms with van der Waals surface area (Å²) in [6, 6.07) is 16.9. The van der Waals surface area contributed by atoms with Crippen LogP contribution in [0.4, 0.5) is 23.1 Å². The molecule has 1 aliphatic rings. The van der Waals surface area contributed by atoms with Gasteiger partial charge in [0, 0.05) is 41.2 Å². The molecule has 0 spiro atoms. The average molecular weight is 436 g/mol. The number of anilines is 4. The van der Waals surface area contributed by atoms with E-state index < -0.39 is 0 Å². The molecule has 1 amide bonds. The average Bonchev–Trinajstić information content (AvgIpc) is 2.77. The zero-order valence-electron chi connectivity index (χ0n) is 17.6. The number of amides is 1. The van der Waals surface area contributed by atoms with Gasteiger partial charge in [-0.05, 0) is 62.1 Å². The molecule has 1 aromatic heterocycles. The fourth-order valence-electron chi connectivity index (χ4n) is 3.66. The largest absolute Gasteiger partial charge is 0.341 e. The number of aromatic nitrogens is 2. The topological polar surface area (TPSA) is 70.2 Å². The molecule has 0 aliphatic carbocycles. The van der Waals surface area contributed by atoms with Gasteiger partial charge in [-0.1, -0.05) is 29.8 Å². The van der Waals surface area contributed by atoms with Crippen LogP contribution in [0.1, 0.15) is 30.5 Å². The second kappa shape index (κ2) is 9.79. The third-order valence-corrected chi connectivity index (χ3v) is 5.60. The van der Waals surface area contributed by atoms with Crippen LogP contribution in [0.3, 0.4) is 0 Å². The molecule has 0 atom stereocenters. The lowest BCUT2D eigenvalue weighted by Gasteiger charge is -2.27. The predicted octanol–water partition coefficient (Wildman–Crippen LogP) is 5.35. The Bertz CT molecular complexity index is 1050. The van der Waals surface area contributed by atoms with Gasteiger partial charge in [-0.3, -0.25) is 4.79 Å². The Balaban J connectivity index is 1.39. The molecule has 1 fully saturated rings. The summed E-state index contributed by atoms with van der Waals surface area (Å²) in [4.78, 5) is 23.9. The SMILES string of the molecule is Cc1cc(Nc2ccc(NC(=O)Cc3ccccc3Cl)cc2)nc(N2CCCCC2)n1. The first-order chi connectivity index (χ1) is 15.1. The molecule has 3 aromatic rings. The lowest BCUT2D eigenvalue weighted by molar-refractivity contribution is -0.115. The Morgan fingerprint density at radius 1 is 1.00 bits per heavy atom. The minimum atomic E-state index is -0.105. The van der Waals surface area contributed by atoms with Gasteiger partial charge in [-0.2, -0.15) is 4.98 Å². The summed E-state index contributed by atoms with van der Waals surface area (Å²) in [5, 5.41) is 6.85. The van der Waals surface area contributed by atoms with E-state index in [1.54, 1.807) is 6.07 Å². The maximum Gasteiger partial charge on any atom is 0.228 e. The van der Waals surface area contributed by atoms with Crippen LogP contribution in [0.2, 0.25) is 5.02 Å². The fraction of sp³-hybridized carbons (Fsp3) is 0.292. The lowest BCUT2D eigenvalue weighted by Crippen LogP contribution is -2.31. The highest BCUT2D eigenvalue weighted by atomic mass is 35.5. The lowest BCUT2D eigenvalue weighted by atomic mass is 10.1. The Labute approximate surface area is 187 Å². The van der Waals surface area contributed by atoms with Crippen molar-refractivity contribution in [1.29, 1.82) is 0 Å². The summed E-state index contributed by atoms with van der Waals surface area (Å²) >= 11 is 6.14. The van der Waals surface area contributed by atoms with Crippen molar-refractivity contribution in [2.45, 2.75) is 32.6 Å². The van der Waals surface area contributed by atoms with Gasteiger partial charge >= 0.3 is 0 Å². The van der Waals surface area contributed by atoms with Gasteiger partial charge in [0.25, 0.3) is 0 Å². The Morgan fingerprint density at radius 3 is 2.45 bits per heavy atom. The van der Waals surface area contributed by atoms with Crippen LogP contribution in [0.25, 0.3) is 0 Å². The van der Waals surface area contributed by atoms with Crippen molar-refractivity contribution in [2.24, 2.45) is 0 Å². The first-order valence-electron chi connectivity index (χ1n) is 10.6. The van der Waals surface area contributed by atoms with E-state index in [9.17, 15) is 4.79 Å². The maximum atomic E-state index is 12.3. The molecule has 1 aliphatic heterocycles. The monoisotopic (exact) mass is 435 g/mol. The number of hydrogen-bond acceptors (Lipinski definition) is 5. The molecule has 160 valence electrons. The summed E-state index contributed by atoms with van der Waals surface area (Å²) in [5.74, 6) is 1.45. The number of halogens is 1. The second-order valence-electron chi connectivity index (χ2n) is 7.76. The van der Waals surface area contributed by atoms with Gasteiger partial charge in [-0.15, -0.1) is 0 Å². The van der Waals surface area contributed by atoms with Crippen molar-refractivity contribution in [3.05, 3.63) is 70.9 Å². The summed E-state index contributed by atoms with van der Waals surface area (Å²) in [6.07, 6.45) is 3.88. The minimum absolute atomic E-state index is 0.105. The molecular weight excluding hydrogens is 410 g/mol. The van der Waals surface area contributed by atoms with Gasteiger partial charge in [0.1, 0.15) is 5.82 Å². The molecule has 2 heterocycles. The van der Waals surface area contributed by atoms with Crippen LogP contribution in [-0.4, -0.2) is 29.0 Å². The summed E-state index contributed by atoms with van der Waals surface area (Å²) < 4.78 is 0. The van der Waals surface area contributed by atoms with Gasteiger partial charge in [-0.25, -0.2) is 4.98 Å². The molecule has 0 unspecified atom stereocenters. The summed E-state index contributed by atoms with van der Waals surface area (Å²) in [5.41, 5.74) is 3.37. The Hall–Kier alpha value is -3.12. The van der Waals surface area contributed by atoms with Crippen molar-refractivity contribution >= 4 is 40.6 Å². The van der Waals surface area contributed by atoms with E-state index in [1.165, 1.54) is 19.3 Å². The Morgan fingerprint density at radius 2 is 1.71 bits per heavy atom. The number of piperidine rings is 1. The molecule has 7 heteroatoms. The molecule has 0 radical (unpaired) electrons. The van der Waals surface area contributed by atoms with Crippen molar-refractivity contribution < 1.29 is 4.79 Å². The normalized spacial score (nSPS) is 13.7. The number of carbonyl (C=O) groups excluding carboxylic acids is 1. The fourth-order valence-corrected chi connectivity index (χ4v) is 3.86. The molecule has 2 aromatic carbocycles. The number of carbonyl (C=O) groups is 1. The van der Waals surface area contributed by atoms with Crippen LogP contribution < -0.4 is 15.5 Å². The molecule has 6 nitrogen and oxygen atoms in total. The highest BCUT2D eigenvalue weighted by molar-refractivity contribution is 6.31. The summed E-state index contributed by atoms with van der Waals surface area (Å²) in [6.45, 7) is 3.99. The van der Waals surface area contributed by atoms with Gasteiger partial charge in [0.15, 0.2) is 0 Å². The molecule has 0 bridgehead atoms. The van der Waals surface area contributed by atoms with E-state index >= 15 is 0 Å². The second-order valence-corrected chi connectivity index (χ2v) is 8.17. The molecule has 2 N–H and O–H groups in total. The van der Waals surface area contributed by atoms with Crippen LogP contribution >= 0.6 is 11.6 Å². The molecular formula is C24H26ClN5O. The Kier molecular flexibility index (Phi) is 6.67. The van der Waals surface area contributed by atoms with Crippen LogP contribution in [0.5, 0.6) is 0 Å². The van der Waals surface area contributed by atoms with Crippen molar-refractivity contribution in [3.63, 3.8) is 0 Å². The number of aryl methyl sites for hydroxylation is 1. The number of rotatable bonds is 6. The first kappa shape index (κ1) is 21.1. The van der Waals surface area contributed by atoms with Gasteiger partial charge in [0.05, 0.1) is 6.42 Å². The van der Waals surface area contributed by atoms with Crippen LogP contribution in [0.15, 0.2) is 54.6 Å². The number of nitrogens with zero attached hydrogens (tertiary/aromatic N) is 3.